The van der Waals surface area contributed by atoms with Gasteiger partial charge in [0, 0.05) is 9.77 Å². The standard InChI is InChI=1S/C7H8N2OS2/c1-4(11)6-7(5(2)12-3)9-10-8-6/h2H2,1,3H3. The van der Waals surface area contributed by atoms with Crippen molar-refractivity contribution in [3.05, 3.63) is 18.0 Å². The monoisotopic (exact) mass is 200 g/mol. The van der Waals surface area contributed by atoms with Crippen LogP contribution in [0.4, 0.5) is 0 Å². The topological polar surface area (TPSA) is 38.9 Å². The number of hydrogen-bond acceptors (Lipinski definition) is 5. The van der Waals surface area contributed by atoms with Crippen molar-refractivity contribution >= 4 is 33.7 Å². The predicted octanol–water partition coefficient (Wildman–Crippen LogP) is 2.14. The fourth-order valence-electron chi connectivity index (χ4n) is 0.699. The van der Waals surface area contributed by atoms with E-state index in [0.717, 1.165) is 4.91 Å². The molecule has 0 atom stereocenters. The normalized spacial score (nSPS) is 9.83. The number of hydrogen-bond donors (Lipinski definition) is 0. The van der Waals surface area contributed by atoms with E-state index < -0.39 is 0 Å². The van der Waals surface area contributed by atoms with Crippen LogP contribution in [0, 0.1) is 0 Å². The lowest BCUT2D eigenvalue weighted by atomic mass is 10.2. The van der Waals surface area contributed by atoms with Crippen molar-refractivity contribution in [2.24, 2.45) is 0 Å². The Bertz CT molecular complexity index is 319. The number of nitrogens with zero attached hydrogens (tertiary/aromatic N) is 2. The Morgan fingerprint density at radius 3 is 2.58 bits per heavy atom. The summed E-state index contributed by atoms with van der Waals surface area (Å²) in [4.78, 5) is 1.48. The molecule has 0 aliphatic rings. The first-order chi connectivity index (χ1) is 5.66. The summed E-state index contributed by atoms with van der Waals surface area (Å²) in [5.74, 6) is 0. The van der Waals surface area contributed by atoms with Crippen LogP contribution in [0.2, 0.25) is 0 Å². The highest BCUT2D eigenvalue weighted by atomic mass is 32.2. The second-order valence-electron chi connectivity index (χ2n) is 2.14. The molecule has 1 aromatic rings. The van der Waals surface area contributed by atoms with Gasteiger partial charge in [0.2, 0.25) is 0 Å². The van der Waals surface area contributed by atoms with E-state index in [0.29, 0.717) is 16.3 Å². The molecule has 0 aliphatic carbocycles. The Kier molecular flexibility index (Phi) is 2.99. The third-order valence-electron chi connectivity index (χ3n) is 1.33. The summed E-state index contributed by atoms with van der Waals surface area (Å²) in [5, 5.41) is 7.40. The zero-order valence-electron chi connectivity index (χ0n) is 6.83. The maximum atomic E-state index is 4.96. The van der Waals surface area contributed by atoms with E-state index in [4.69, 9.17) is 12.2 Å². The number of thioether (sulfide) groups is 1. The molecule has 3 nitrogen and oxygen atoms in total. The maximum Gasteiger partial charge on any atom is 0.149 e. The Hall–Kier alpha value is -0.680. The molecule has 0 bridgehead atoms. The summed E-state index contributed by atoms with van der Waals surface area (Å²) in [7, 11) is 0. The predicted molar refractivity (Wildman–Crippen MR) is 54.2 cm³/mol. The molecule has 0 unspecified atom stereocenters. The number of rotatable bonds is 3. The molecular weight excluding hydrogens is 192 g/mol. The first kappa shape index (κ1) is 9.41. The van der Waals surface area contributed by atoms with Crippen LogP contribution in [0.5, 0.6) is 0 Å². The molecule has 5 heteroatoms. The van der Waals surface area contributed by atoms with Crippen molar-refractivity contribution in [1.29, 1.82) is 0 Å². The molecule has 0 saturated heterocycles. The van der Waals surface area contributed by atoms with Gasteiger partial charge in [0.15, 0.2) is 0 Å². The Balaban J connectivity index is 3.07. The average molecular weight is 200 g/mol. The van der Waals surface area contributed by atoms with Crippen LogP contribution < -0.4 is 0 Å². The molecule has 0 N–H and O–H groups in total. The van der Waals surface area contributed by atoms with Gasteiger partial charge in [-0.25, -0.2) is 4.63 Å². The van der Waals surface area contributed by atoms with Crippen molar-refractivity contribution in [3.8, 4) is 0 Å². The lowest BCUT2D eigenvalue weighted by Gasteiger charge is -1.96. The smallest absolute Gasteiger partial charge is 0.149 e. The highest BCUT2D eigenvalue weighted by Gasteiger charge is 2.13. The fourth-order valence-corrected chi connectivity index (χ4v) is 1.16. The summed E-state index contributed by atoms with van der Waals surface area (Å²) in [6.45, 7) is 5.58. The zero-order chi connectivity index (χ0) is 9.14. The molecular formula is C7H8N2OS2. The van der Waals surface area contributed by atoms with Gasteiger partial charge >= 0.3 is 0 Å². The van der Waals surface area contributed by atoms with E-state index in [1.54, 1.807) is 6.92 Å². The average Bonchev–Trinajstić information content (AvgIpc) is 2.50. The van der Waals surface area contributed by atoms with E-state index in [9.17, 15) is 0 Å². The van der Waals surface area contributed by atoms with Crippen LogP contribution >= 0.6 is 24.0 Å². The van der Waals surface area contributed by atoms with E-state index >= 15 is 0 Å². The minimum Gasteiger partial charge on any atom is -0.243 e. The molecule has 1 aromatic heterocycles. The third-order valence-corrected chi connectivity index (χ3v) is 2.21. The van der Waals surface area contributed by atoms with Gasteiger partial charge in [-0.3, -0.25) is 0 Å². The molecule has 1 heterocycles. The highest BCUT2D eigenvalue weighted by molar-refractivity contribution is 8.07. The molecule has 0 spiro atoms. The van der Waals surface area contributed by atoms with Gasteiger partial charge in [0.25, 0.3) is 0 Å². The number of thiocarbonyl (C=S) groups is 1. The summed E-state index contributed by atoms with van der Waals surface area (Å²) >= 11 is 6.46. The Morgan fingerprint density at radius 1 is 1.50 bits per heavy atom. The van der Waals surface area contributed by atoms with Crippen molar-refractivity contribution in [2.45, 2.75) is 6.92 Å². The zero-order valence-corrected chi connectivity index (χ0v) is 8.46. The van der Waals surface area contributed by atoms with Crippen molar-refractivity contribution in [1.82, 2.24) is 10.3 Å². The molecule has 64 valence electrons. The van der Waals surface area contributed by atoms with E-state index in [-0.39, 0.29) is 0 Å². The fraction of sp³-hybridized carbons (Fsp3) is 0.286. The van der Waals surface area contributed by atoms with Crippen LogP contribution in [0.1, 0.15) is 18.3 Å². The molecule has 0 fully saturated rings. The molecule has 12 heavy (non-hydrogen) atoms. The lowest BCUT2D eigenvalue weighted by Crippen LogP contribution is -1.95. The minimum absolute atomic E-state index is 0.615. The highest BCUT2D eigenvalue weighted by Crippen LogP contribution is 2.23. The van der Waals surface area contributed by atoms with Crippen LogP contribution in [0.25, 0.3) is 4.91 Å². The first-order valence-corrected chi connectivity index (χ1v) is 4.87. The van der Waals surface area contributed by atoms with Gasteiger partial charge in [-0.1, -0.05) is 18.8 Å². The van der Waals surface area contributed by atoms with E-state index in [1.165, 1.54) is 11.8 Å². The number of aromatic nitrogens is 2. The summed E-state index contributed by atoms with van der Waals surface area (Å²) in [6.07, 6.45) is 1.92. The second-order valence-corrected chi connectivity index (χ2v) is 3.66. The largest absolute Gasteiger partial charge is 0.243 e. The van der Waals surface area contributed by atoms with Gasteiger partial charge in [0.05, 0.1) is 0 Å². The minimum atomic E-state index is 0.615. The van der Waals surface area contributed by atoms with Crippen molar-refractivity contribution in [3.63, 3.8) is 0 Å². The Morgan fingerprint density at radius 2 is 2.08 bits per heavy atom. The molecule has 0 amide bonds. The third kappa shape index (κ3) is 1.73. The van der Waals surface area contributed by atoms with Gasteiger partial charge in [-0.15, -0.1) is 11.8 Å². The lowest BCUT2D eigenvalue weighted by molar-refractivity contribution is 0.305. The van der Waals surface area contributed by atoms with Gasteiger partial charge in [-0.05, 0) is 23.5 Å². The summed E-state index contributed by atoms with van der Waals surface area (Å²) in [5.41, 5.74) is 1.26. The molecule has 0 saturated carbocycles. The quantitative estimate of drug-likeness (QED) is 0.552. The molecule has 0 radical (unpaired) electrons. The summed E-state index contributed by atoms with van der Waals surface area (Å²) in [6, 6.07) is 0. The van der Waals surface area contributed by atoms with Crippen LogP contribution in [0.15, 0.2) is 11.2 Å². The van der Waals surface area contributed by atoms with Crippen LogP contribution in [0.3, 0.4) is 0 Å². The van der Waals surface area contributed by atoms with E-state index in [1.807, 2.05) is 6.26 Å². The summed E-state index contributed by atoms with van der Waals surface area (Å²) < 4.78 is 4.57. The first-order valence-electron chi connectivity index (χ1n) is 3.23. The SMILES string of the molecule is C=C(SC)c1nonc1C(C)=S. The maximum absolute atomic E-state index is 4.96. The van der Waals surface area contributed by atoms with Crippen molar-refractivity contribution in [2.75, 3.05) is 6.26 Å². The van der Waals surface area contributed by atoms with Crippen LogP contribution in [-0.2, 0) is 0 Å². The molecule has 0 aliphatic heterocycles. The van der Waals surface area contributed by atoms with Crippen LogP contribution in [-0.4, -0.2) is 21.4 Å². The molecule has 1 rings (SSSR count). The van der Waals surface area contributed by atoms with Crippen molar-refractivity contribution < 1.29 is 4.63 Å². The van der Waals surface area contributed by atoms with E-state index in [2.05, 4.69) is 21.5 Å². The Labute approximate surface area is 80.2 Å². The molecule has 0 aromatic carbocycles. The second kappa shape index (κ2) is 3.82. The van der Waals surface area contributed by atoms with Gasteiger partial charge in [0.1, 0.15) is 11.4 Å². The van der Waals surface area contributed by atoms with Gasteiger partial charge in [-0.2, -0.15) is 0 Å². The van der Waals surface area contributed by atoms with Gasteiger partial charge < -0.3 is 0 Å².